The molecule has 1 rings (SSSR count). The molecule has 0 heterocycles. The van der Waals surface area contributed by atoms with Gasteiger partial charge >= 0.3 is 5.97 Å². The van der Waals surface area contributed by atoms with Gasteiger partial charge in [-0.1, -0.05) is 12.1 Å². The Hall–Kier alpha value is -1.11. The van der Waals surface area contributed by atoms with E-state index < -0.39 is 23.0 Å². The van der Waals surface area contributed by atoms with Crippen LogP contribution >= 0.6 is 11.6 Å². The highest BCUT2D eigenvalue weighted by molar-refractivity contribution is 7.86. The van der Waals surface area contributed by atoms with Gasteiger partial charge in [0.2, 0.25) is 0 Å². The van der Waals surface area contributed by atoms with Crippen molar-refractivity contribution in [3.8, 4) is 0 Å². The molecule has 4 N–H and O–H groups in total. The third-order valence-corrected chi connectivity index (χ3v) is 4.06. The molecule has 1 aromatic rings. The van der Waals surface area contributed by atoms with Crippen LogP contribution in [0.1, 0.15) is 18.4 Å². The summed E-state index contributed by atoms with van der Waals surface area (Å²) in [7, 11) is -1.12. The van der Waals surface area contributed by atoms with Gasteiger partial charge in [0.25, 0.3) is 0 Å². The minimum atomic E-state index is -1.12. The van der Waals surface area contributed by atoms with Crippen LogP contribution in [0.3, 0.4) is 0 Å². The number of benzene rings is 1. The van der Waals surface area contributed by atoms with Crippen molar-refractivity contribution in [3.05, 3.63) is 29.8 Å². The average molecular weight is 319 g/mol. The van der Waals surface area contributed by atoms with Gasteiger partial charge in [-0.15, -0.1) is 11.6 Å². The SMILES string of the molecule is N[C@@H](Cc1ccc(NS(=O)CCCCCl)cc1)C(=O)O. The predicted molar refractivity (Wildman–Crippen MR) is 82.3 cm³/mol. The quantitative estimate of drug-likeness (QED) is 0.477. The molecule has 0 aliphatic carbocycles. The van der Waals surface area contributed by atoms with E-state index in [0.717, 1.165) is 24.1 Å². The Bertz CT molecular complexity index is 453. The van der Waals surface area contributed by atoms with E-state index in [1.807, 2.05) is 0 Å². The zero-order valence-corrected chi connectivity index (χ0v) is 12.6. The summed E-state index contributed by atoms with van der Waals surface area (Å²) >= 11 is 5.55. The van der Waals surface area contributed by atoms with Gasteiger partial charge in [-0.3, -0.25) is 4.79 Å². The average Bonchev–Trinajstić information content (AvgIpc) is 2.41. The molecule has 20 heavy (non-hydrogen) atoms. The van der Waals surface area contributed by atoms with Crippen molar-refractivity contribution >= 4 is 34.2 Å². The molecule has 1 unspecified atom stereocenters. The van der Waals surface area contributed by atoms with Crippen molar-refractivity contribution in [3.63, 3.8) is 0 Å². The van der Waals surface area contributed by atoms with E-state index >= 15 is 0 Å². The summed E-state index contributed by atoms with van der Waals surface area (Å²) in [4.78, 5) is 10.7. The number of hydrogen-bond acceptors (Lipinski definition) is 3. The number of carbonyl (C=O) groups is 1. The van der Waals surface area contributed by atoms with E-state index in [1.54, 1.807) is 24.3 Å². The summed E-state index contributed by atoms with van der Waals surface area (Å²) in [6.07, 6.45) is 1.93. The van der Waals surface area contributed by atoms with Crippen molar-refractivity contribution in [1.29, 1.82) is 0 Å². The van der Waals surface area contributed by atoms with Gasteiger partial charge < -0.3 is 15.6 Å². The first-order chi connectivity index (χ1) is 9.52. The fourth-order valence-electron chi connectivity index (χ4n) is 1.56. The monoisotopic (exact) mass is 318 g/mol. The molecule has 0 amide bonds. The lowest BCUT2D eigenvalue weighted by Gasteiger charge is -2.09. The first-order valence-corrected chi connectivity index (χ1v) is 8.16. The molecular weight excluding hydrogens is 300 g/mol. The fourth-order valence-corrected chi connectivity index (χ4v) is 2.72. The molecule has 0 bridgehead atoms. The van der Waals surface area contributed by atoms with Crippen LogP contribution < -0.4 is 10.5 Å². The second-order valence-corrected chi connectivity index (χ2v) is 6.07. The maximum Gasteiger partial charge on any atom is 0.320 e. The largest absolute Gasteiger partial charge is 0.480 e. The third-order valence-electron chi connectivity index (χ3n) is 2.67. The number of anilines is 1. The van der Waals surface area contributed by atoms with Gasteiger partial charge in [-0.2, -0.15) is 0 Å². The van der Waals surface area contributed by atoms with E-state index in [2.05, 4.69) is 4.72 Å². The Morgan fingerprint density at radius 2 is 2.00 bits per heavy atom. The lowest BCUT2D eigenvalue weighted by molar-refractivity contribution is -0.138. The number of carboxylic acids is 1. The molecule has 0 fully saturated rings. The number of nitrogens with two attached hydrogens (primary N) is 1. The summed E-state index contributed by atoms with van der Waals surface area (Å²) in [5, 5.41) is 8.73. The van der Waals surface area contributed by atoms with Crippen LogP contribution in [-0.4, -0.2) is 33.0 Å². The molecule has 0 aromatic heterocycles. The molecular formula is C13H19ClN2O3S. The number of nitrogens with one attached hydrogen (secondary N) is 1. The maximum absolute atomic E-state index is 11.7. The standard InChI is InChI=1S/C13H19ClN2O3S/c14-7-1-2-8-20(19)16-11-5-3-10(4-6-11)9-12(15)13(17)18/h3-6,12,16H,1-2,7-9,15H2,(H,17,18)/t12-,20?/m0/s1. The lowest BCUT2D eigenvalue weighted by atomic mass is 10.1. The first-order valence-electron chi connectivity index (χ1n) is 6.31. The van der Waals surface area contributed by atoms with Crippen LogP contribution in [0.25, 0.3) is 0 Å². The van der Waals surface area contributed by atoms with E-state index in [4.69, 9.17) is 22.4 Å². The van der Waals surface area contributed by atoms with Crippen LogP contribution in [0.15, 0.2) is 24.3 Å². The van der Waals surface area contributed by atoms with E-state index in [9.17, 15) is 9.00 Å². The molecule has 0 spiro atoms. The molecule has 0 radical (unpaired) electrons. The molecule has 2 atom stereocenters. The minimum absolute atomic E-state index is 0.272. The van der Waals surface area contributed by atoms with Gasteiger partial charge in [-0.25, -0.2) is 4.21 Å². The van der Waals surface area contributed by atoms with Gasteiger partial charge in [0.1, 0.15) is 17.0 Å². The molecule has 0 aliphatic rings. The highest BCUT2D eigenvalue weighted by atomic mass is 35.5. The van der Waals surface area contributed by atoms with Gasteiger partial charge in [0, 0.05) is 17.3 Å². The maximum atomic E-state index is 11.7. The second kappa shape index (κ2) is 8.94. The lowest BCUT2D eigenvalue weighted by Crippen LogP contribution is -2.32. The Morgan fingerprint density at radius 3 is 2.55 bits per heavy atom. The predicted octanol–water partition coefficient (Wildman–Crippen LogP) is 1.74. The first kappa shape index (κ1) is 16.9. The Labute approximate surface area is 126 Å². The summed E-state index contributed by atoms with van der Waals surface area (Å²) in [5.74, 6) is 0.112. The Kier molecular flexibility index (Phi) is 7.58. The minimum Gasteiger partial charge on any atom is -0.480 e. The van der Waals surface area contributed by atoms with Crippen molar-refractivity contribution in [2.24, 2.45) is 5.73 Å². The summed E-state index contributed by atoms with van der Waals surface area (Å²) < 4.78 is 14.6. The van der Waals surface area contributed by atoms with E-state index in [1.165, 1.54) is 0 Å². The number of carboxylic acid groups (broad SMARTS) is 1. The van der Waals surface area contributed by atoms with E-state index in [-0.39, 0.29) is 6.42 Å². The zero-order valence-electron chi connectivity index (χ0n) is 11.0. The highest BCUT2D eigenvalue weighted by Crippen LogP contribution is 2.12. The topological polar surface area (TPSA) is 92.4 Å². The molecule has 5 nitrogen and oxygen atoms in total. The Balaban J connectivity index is 2.46. The zero-order chi connectivity index (χ0) is 15.0. The number of hydrogen-bond donors (Lipinski definition) is 3. The summed E-state index contributed by atoms with van der Waals surface area (Å²) in [6.45, 7) is 0. The Morgan fingerprint density at radius 1 is 1.35 bits per heavy atom. The molecule has 0 saturated carbocycles. The van der Waals surface area contributed by atoms with Crippen LogP contribution in [-0.2, 0) is 22.2 Å². The van der Waals surface area contributed by atoms with Gasteiger partial charge in [-0.05, 0) is 37.0 Å². The fraction of sp³-hybridized carbons (Fsp3) is 0.462. The molecule has 1 aromatic carbocycles. The van der Waals surface area contributed by atoms with Gasteiger partial charge in [0.05, 0.1) is 0 Å². The number of alkyl halides is 1. The van der Waals surface area contributed by atoms with Gasteiger partial charge in [0.15, 0.2) is 0 Å². The van der Waals surface area contributed by atoms with Crippen molar-refractivity contribution < 1.29 is 14.1 Å². The number of rotatable bonds is 9. The van der Waals surface area contributed by atoms with Crippen molar-refractivity contribution in [2.45, 2.75) is 25.3 Å². The summed E-state index contributed by atoms with van der Waals surface area (Å²) in [5.41, 5.74) is 7.03. The number of unbranched alkanes of at least 4 members (excludes halogenated alkanes) is 1. The van der Waals surface area contributed by atoms with E-state index in [0.29, 0.717) is 11.6 Å². The van der Waals surface area contributed by atoms with Crippen LogP contribution in [0.4, 0.5) is 5.69 Å². The number of halogens is 1. The molecule has 112 valence electrons. The van der Waals surface area contributed by atoms with Crippen LogP contribution in [0, 0.1) is 0 Å². The van der Waals surface area contributed by atoms with Crippen molar-refractivity contribution in [2.75, 3.05) is 16.4 Å². The molecule has 7 heteroatoms. The third kappa shape index (κ3) is 6.36. The normalized spacial score (nSPS) is 13.7. The smallest absolute Gasteiger partial charge is 0.320 e. The second-order valence-electron chi connectivity index (χ2n) is 4.39. The highest BCUT2D eigenvalue weighted by Gasteiger charge is 2.11. The summed E-state index contributed by atoms with van der Waals surface area (Å²) in [6, 6.07) is 6.19. The number of aliphatic carboxylic acids is 1. The molecule has 0 aliphatic heterocycles. The van der Waals surface area contributed by atoms with Crippen LogP contribution in [0.2, 0.25) is 0 Å². The van der Waals surface area contributed by atoms with Crippen molar-refractivity contribution in [1.82, 2.24) is 0 Å². The molecule has 0 saturated heterocycles. The van der Waals surface area contributed by atoms with Crippen LogP contribution in [0.5, 0.6) is 0 Å².